The minimum Gasteiger partial charge on any atom is -0.396 e. The zero-order valence-electron chi connectivity index (χ0n) is 10.8. The molecule has 0 saturated heterocycles. The maximum absolute atomic E-state index is 11.9. The largest absolute Gasteiger partial charge is 0.396 e. The Balaban J connectivity index is 1.85. The topological polar surface area (TPSA) is 100 Å². The molecule has 1 saturated carbocycles. The Morgan fingerprint density at radius 2 is 2.26 bits per heavy atom. The number of nitrogens with zero attached hydrogens (tertiary/aromatic N) is 1. The lowest BCUT2D eigenvalue weighted by atomic mass is 9.93. The van der Waals surface area contributed by atoms with Crippen LogP contribution in [0.4, 0.5) is 10.9 Å². The van der Waals surface area contributed by atoms with Gasteiger partial charge in [0.1, 0.15) is 10.7 Å². The molecule has 0 radical (unpaired) electrons. The number of thiazole rings is 1. The quantitative estimate of drug-likeness (QED) is 0.564. The molecule has 1 fully saturated rings. The van der Waals surface area contributed by atoms with Crippen molar-refractivity contribution in [1.29, 1.82) is 0 Å². The van der Waals surface area contributed by atoms with E-state index in [4.69, 9.17) is 10.8 Å². The van der Waals surface area contributed by atoms with Gasteiger partial charge in [-0.05, 0) is 32.1 Å². The van der Waals surface area contributed by atoms with Crippen molar-refractivity contribution in [2.45, 2.75) is 38.1 Å². The maximum atomic E-state index is 11.9. The molecular formula is C12H20N4O2S. The number of hydrogen-bond donors (Lipinski definition) is 4. The van der Waals surface area contributed by atoms with Gasteiger partial charge in [-0.3, -0.25) is 4.79 Å². The molecule has 0 unspecified atom stereocenters. The SMILES string of the molecule is Nc1nc(NC2CCC2)sc1C(=O)NCCCCO. The predicted molar refractivity (Wildman–Crippen MR) is 76.4 cm³/mol. The molecule has 0 spiro atoms. The van der Waals surface area contributed by atoms with Crippen LogP contribution in [0.3, 0.4) is 0 Å². The van der Waals surface area contributed by atoms with Gasteiger partial charge in [0.15, 0.2) is 5.13 Å². The van der Waals surface area contributed by atoms with Crippen LogP contribution in [0, 0.1) is 0 Å². The molecule has 1 aromatic rings. The Kier molecular flexibility index (Phi) is 4.98. The van der Waals surface area contributed by atoms with E-state index in [0.717, 1.165) is 24.4 Å². The van der Waals surface area contributed by atoms with Crippen LogP contribution in [-0.2, 0) is 0 Å². The number of aliphatic hydroxyl groups is 1. The number of carbonyl (C=O) groups excluding carboxylic acids is 1. The number of aromatic nitrogens is 1. The van der Waals surface area contributed by atoms with Crippen LogP contribution in [0.25, 0.3) is 0 Å². The van der Waals surface area contributed by atoms with Crippen molar-refractivity contribution < 1.29 is 9.90 Å². The lowest BCUT2D eigenvalue weighted by Crippen LogP contribution is -2.26. The third-order valence-corrected chi connectivity index (χ3v) is 4.16. The number of rotatable bonds is 7. The van der Waals surface area contributed by atoms with Gasteiger partial charge in [-0.15, -0.1) is 0 Å². The summed E-state index contributed by atoms with van der Waals surface area (Å²) in [5.41, 5.74) is 5.77. The van der Waals surface area contributed by atoms with E-state index in [0.29, 0.717) is 23.9 Å². The monoisotopic (exact) mass is 284 g/mol. The zero-order chi connectivity index (χ0) is 13.7. The molecule has 6 nitrogen and oxygen atoms in total. The lowest BCUT2D eigenvalue weighted by Gasteiger charge is -2.25. The summed E-state index contributed by atoms with van der Waals surface area (Å²) in [7, 11) is 0. The number of nitrogen functional groups attached to an aromatic ring is 1. The molecule has 0 atom stereocenters. The van der Waals surface area contributed by atoms with Crippen LogP contribution in [0.5, 0.6) is 0 Å². The first kappa shape index (κ1) is 14.1. The average molecular weight is 284 g/mol. The van der Waals surface area contributed by atoms with Crippen LogP contribution in [0.1, 0.15) is 41.8 Å². The van der Waals surface area contributed by atoms with E-state index in [1.165, 1.54) is 17.8 Å². The first-order valence-electron chi connectivity index (χ1n) is 6.62. The Morgan fingerprint density at radius 3 is 2.89 bits per heavy atom. The smallest absolute Gasteiger partial charge is 0.265 e. The summed E-state index contributed by atoms with van der Waals surface area (Å²) < 4.78 is 0. The third kappa shape index (κ3) is 3.81. The number of anilines is 2. The first-order valence-corrected chi connectivity index (χ1v) is 7.44. The van der Waals surface area contributed by atoms with Crippen LogP contribution in [0.15, 0.2) is 0 Å². The summed E-state index contributed by atoms with van der Waals surface area (Å²) in [6.45, 7) is 0.691. The van der Waals surface area contributed by atoms with Crippen molar-refractivity contribution in [3.05, 3.63) is 4.88 Å². The molecule has 2 rings (SSSR count). The minimum atomic E-state index is -0.186. The van der Waals surface area contributed by atoms with Gasteiger partial charge in [0, 0.05) is 19.2 Å². The molecule has 1 aromatic heterocycles. The van der Waals surface area contributed by atoms with Gasteiger partial charge in [0.2, 0.25) is 0 Å². The van der Waals surface area contributed by atoms with E-state index in [-0.39, 0.29) is 18.3 Å². The second kappa shape index (κ2) is 6.72. The zero-order valence-corrected chi connectivity index (χ0v) is 11.6. The first-order chi connectivity index (χ1) is 9.20. The van der Waals surface area contributed by atoms with Gasteiger partial charge in [-0.1, -0.05) is 11.3 Å². The van der Waals surface area contributed by atoms with Gasteiger partial charge < -0.3 is 21.5 Å². The number of nitrogens with one attached hydrogen (secondary N) is 2. The minimum absolute atomic E-state index is 0.147. The highest BCUT2D eigenvalue weighted by molar-refractivity contribution is 7.18. The van der Waals surface area contributed by atoms with E-state index in [2.05, 4.69) is 15.6 Å². The molecule has 7 heteroatoms. The summed E-state index contributed by atoms with van der Waals surface area (Å²) >= 11 is 1.30. The normalized spacial score (nSPS) is 15.0. The number of hydrogen-bond acceptors (Lipinski definition) is 6. The molecule has 0 aromatic carbocycles. The highest BCUT2D eigenvalue weighted by Gasteiger charge is 2.21. The lowest BCUT2D eigenvalue weighted by molar-refractivity contribution is 0.0957. The average Bonchev–Trinajstić information content (AvgIpc) is 2.71. The molecule has 0 bridgehead atoms. The molecular weight excluding hydrogens is 264 g/mol. The Morgan fingerprint density at radius 1 is 1.47 bits per heavy atom. The van der Waals surface area contributed by atoms with Crippen LogP contribution in [0.2, 0.25) is 0 Å². The van der Waals surface area contributed by atoms with E-state index in [9.17, 15) is 4.79 Å². The Hall–Kier alpha value is -1.34. The fraction of sp³-hybridized carbons (Fsp3) is 0.667. The van der Waals surface area contributed by atoms with E-state index < -0.39 is 0 Å². The van der Waals surface area contributed by atoms with Crippen molar-refractivity contribution in [1.82, 2.24) is 10.3 Å². The number of carbonyl (C=O) groups is 1. The van der Waals surface area contributed by atoms with E-state index in [1.54, 1.807) is 0 Å². The fourth-order valence-electron chi connectivity index (χ4n) is 1.80. The second-order valence-corrected chi connectivity index (χ2v) is 5.69. The highest BCUT2D eigenvalue weighted by atomic mass is 32.1. The van der Waals surface area contributed by atoms with Gasteiger partial charge in [-0.25, -0.2) is 4.98 Å². The Bertz CT molecular complexity index is 431. The summed E-state index contributed by atoms with van der Waals surface area (Å²) in [6, 6.07) is 0.478. The maximum Gasteiger partial charge on any atom is 0.265 e. The van der Waals surface area contributed by atoms with Crippen molar-refractivity contribution in [3.63, 3.8) is 0 Å². The number of nitrogens with two attached hydrogens (primary N) is 1. The number of amides is 1. The van der Waals surface area contributed by atoms with E-state index >= 15 is 0 Å². The molecule has 1 aliphatic carbocycles. The van der Waals surface area contributed by atoms with Gasteiger partial charge in [0.25, 0.3) is 5.91 Å². The molecule has 106 valence electrons. The van der Waals surface area contributed by atoms with E-state index in [1.807, 2.05) is 0 Å². The molecule has 1 aliphatic rings. The van der Waals surface area contributed by atoms with Gasteiger partial charge in [-0.2, -0.15) is 0 Å². The molecule has 1 heterocycles. The van der Waals surface area contributed by atoms with Gasteiger partial charge in [0.05, 0.1) is 0 Å². The summed E-state index contributed by atoms with van der Waals surface area (Å²) in [5, 5.41) is 15.5. The van der Waals surface area contributed by atoms with Crippen LogP contribution >= 0.6 is 11.3 Å². The van der Waals surface area contributed by atoms with Crippen LogP contribution < -0.4 is 16.4 Å². The molecule has 19 heavy (non-hydrogen) atoms. The number of unbranched alkanes of at least 4 members (excludes halogenated alkanes) is 1. The second-order valence-electron chi connectivity index (χ2n) is 4.69. The predicted octanol–water partition coefficient (Wildman–Crippen LogP) is 1.19. The van der Waals surface area contributed by atoms with Crippen molar-refractivity contribution in [2.75, 3.05) is 24.2 Å². The van der Waals surface area contributed by atoms with Crippen molar-refractivity contribution >= 4 is 28.2 Å². The summed E-state index contributed by atoms with van der Waals surface area (Å²) in [5.74, 6) is 0.0982. The highest BCUT2D eigenvalue weighted by Crippen LogP contribution is 2.29. The summed E-state index contributed by atoms with van der Waals surface area (Å²) in [6.07, 6.45) is 5.00. The standard InChI is InChI=1S/C12H20N4O2S/c13-10-9(11(18)14-6-1-2-7-17)19-12(16-10)15-8-4-3-5-8/h8,17H,1-7,13H2,(H,14,18)(H,15,16). The van der Waals surface area contributed by atoms with Crippen LogP contribution in [-0.4, -0.2) is 35.2 Å². The number of aliphatic hydroxyl groups excluding tert-OH is 1. The molecule has 0 aliphatic heterocycles. The third-order valence-electron chi connectivity index (χ3n) is 3.16. The fourth-order valence-corrected chi connectivity index (χ4v) is 2.68. The summed E-state index contributed by atoms with van der Waals surface area (Å²) in [4.78, 5) is 16.5. The molecule has 5 N–H and O–H groups in total. The Labute approximate surface area is 116 Å². The van der Waals surface area contributed by atoms with Crippen molar-refractivity contribution in [2.24, 2.45) is 0 Å². The van der Waals surface area contributed by atoms with Gasteiger partial charge >= 0.3 is 0 Å². The molecule has 1 amide bonds. The van der Waals surface area contributed by atoms with Crippen molar-refractivity contribution in [3.8, 4) is 0 Å².